The number of sulfonamides is 1. The lowest BCUT2D eigenvalue weighted by Crippen LogP contribution is -2.40. The Morgan fingerprint density at radius 1 is 1.34 bits per heavy atom. The predicted molar refractivity (Wildman–Crippen MR) is 111 cm³/mol. The van der Waals surface area contributed by atoms with Crippen LogP contribution in [0.25, 0.3) is 11.4 Å². The lowest BCUT2D eigenvalue weighted by atomic mass is 9.96. The maximum Gasteiger partial charge on any atom is 0.246 e. The number of rotatable bonds is 6. The molecule has 1 fully saturated rings. The van der Waals surface area contributed by atoms with Crippen molar-refractivity contribution in [2.75, 3.05) is 20.2 Å². The third-order valence-electron chi connectivity index (χ3n) is 5.13. The molecule has 3 aromatic rings. The molecule has 1 aliphatic heterocycles. The first-order chi connectivity index (χ1) is 14.0. The van der Waals surface area contributed by atoms with E-state index in [0.29, 0.717) is 37.0 Å². The molecule has 0 radical (unpaired) electrons. The Labute approximate surface area is 174 Å². The molecule has 0 saturated carbocycles. The smallest absolute Gasteiger partial charge is 0.246 e. The topological polar surface area (TPSA) is 85.5 Å². The maximum atomic E-state index is 13.3. The molecule has 1 saturated heterocycles. The van der Waals surface area contributed by atoms with E-state index in [-0.39, 0.29) is 10.8 Å². The molecule has 0 bridgehead atoms. The van der Waals surface area contributed by atoms with Crippen LogP contribution in [-0.2, 0) is 16.4 Å². The van der Waals surface area contributed by atoms with E-state index in [1.165, 1.54) is 7.11 Å². The van der Waals surface area contributed by atoms with Crippen molar-refractivity contribution in [2.45, 2.75) is 31.1 Å². The number of benzene rings is 1. The minimum atomic E-state index is -3.64. The minimum Gasteiger partial charge on any atom is -0.495 e. The average Bonchev–Trinajstić information content (AvgIpc) is 3.40. The van der Waals surface area contributed by atoms with Gasteiger partial charge in [-0.15, -0.1) is 0 Å². The summed E-state index contributed by atoms with van der Waals surface area (Å²) in [7, 11) is -2.15. The van der Waals surface area contributed by atoms with Gasteiger partial charge in [0.1, 0.15) is 10.6 Å². The average molecular weight is 434 g/mol. The van der Waals surface area contributed by atoms with Gasteiger partial charge in [0.15, 0.2) is 0 Å². The van der Waals surface area contributed by atoms with Crippen LogP contribution >= 0.6 is 11.3 Å². The van der Waals surface area contributed by atoms with Gasteiger partial charge in [0.05, 0.1) is 7.11 Å². The van der Waals surface area contributed by atoms with Crippen LogP contribution in [0.5, 0.6) is 5.75 Å². The Balaban J connectivity index is 1.50. The van der Waals surface area contributed by atoms with Crippen molar-refractivity contribution in [1.82, 2.24) is 14.4 Å². The van der Waals surface area contributed by atoms with Crippen LogP contribution in [0, 0.1) is 12.8 Å². The van der Waals surface area contributed by atoms with E-state index < -0.39 is 10.0 Å². The Morgan fingerprint density at radius 2 is 2.21 bits per heavy atom. The molecule has 3 heterocycles. The van der Waals surface area contributed by atoms with E-state index in [1.807, 2.05) is 29.8 Å². The molecular weight excluding hydrogens is 410 g/mol. The highest BCUT2D eigenvalue weighted by Gasteiger charge is 2.33. The van der Waals surface area contributed by atoms with Crippen LogP contribution in [0.4, 0.5) is 0 Å². The van der Waals surface area contributed by atoms with Gasteiger partial charge in [-0.3, -0.25) is 0 Å². The molecule has 154 valence electrons. The summed E-state index contributed by atoms with van der Waals surface area (Å²) in [4.78, 5) is 4.69. The molecule has 0 aliphatic carbocycles. The SMILES string of the molecule is COc1ccc(C)cc1S(=O)(=O)N1CCCC(Cc2nc(-c3ccsc3)no2)C1. The summed E-state index contributed by atoms with van der Waals surface area (Å²) < 4.78 is 38.8. The van der Waals surface area contributed by atoms with Gasteiger partial charge in [-0.25, -0.2) is 8.42 Å². The first kappa shape index (κ1) is 20.1. The number of hydrogen-bond donors (Lipinski definition) is 0. The fourth-order valence-electron chi connectivity index (χ4n) is 3.63. The highest BCUT2D eigenvalue weighted by Crippen LogP contribution is 2.31. The van der Waals surface area contributed by atoms with Gasteiger partial charge in [-0.05, 0) is 54.8 Å². The summed E-state index contributed by atoms with van der Waals surface area (Å²) >= 11 is 1.58. The zero-order chi connectivity index (χ0) is 20.4. The second-order valence-corrected chi connectivity index (χ2v) is 9.94. The van der Waals surface area contributed by atoms with Crippen molar-refractivity contribution in [3.05, 3.63) is 46.5 Å². The summed E-state index contributed by atoms with van der Waals surface area (Å²) in [5, 5.41) is 7.98. The van der Waals surface area contributed by atoms with E-state index in [1.54, 1.807) is 27.8 Å². The number of ether oxygens (including phenoxy) is 1. The third-order valence-corrected chi connectivity index (χ3v) is 7.70. The first-order valence-electron chi connectivity index (χ1n) is 9.47. The standard InChI is InChI=1S/C20H23N3O4S2/c1-14-5-6-17(26-2)18(10-14)29(24,25)23-8-3-4-15(12-23)11-19-21-20(22-27-19)16-7-9-28-13-16/h5-7,9-10,13,15H,3-4,8,11-12H2,1-2H3. The van der Waals surface area contributed by atoms with E-state index in [9.17, 15) is 8.42 Å². The quantitative estimate of drug-likeness (QED) is 0.588. The molecule has 2 aromatic heterocycles. The van der Waals surface area contributed by atoms with Crippen molar-refractivity contribution in [1.29, 1.82) is 0 Å². The third kappa shape index (κ3) is 4.22. The second kappa shape index (κ2) is 8.25. The maximum absolute atomic E-state index is 13.3. The Morgan fingerprint density at radius 3 is 2.97 bits per heavy atom. The number of hydrogen-bond acceptors (Lipinski definition) is 7. The molecule has 4 rings (SSSR count). The molecule has 7 nitrogen and oxygen atoms in total. The molecule has 1 aromatic carbocycles. The molecule has 29 heavy (non-hydrogen) atoms. The molecule has 1 unspecified atom stereocenters. The molecule has 0 N–H and O–H groups in total. The van der Waals surface area contributed by atoms with E-state index in [0.717, 1.165) is 24.0 Å². The summed E-state index contributed by atoms with van der Waals surface area (Å²) in [6.07, 6.45) is 2.28. The fourth-order valence-corrected chi connectivity index (χ4v) is 6.06. The van der Waals surface area contributed by atoms with E-state index in [4.69, 9.17) is 9.26 Å². The highest BCUT2D eigenvalue weighted by molar-refractivity contribution is 7.89. The lowest BCUT2D eigenvalue weighted by molar-refractivity contribution is 0.246. The summed E-state index contributed by atoms with van der Waals surface area (Å²) in [5.41, 5.74) is 1.81. The van der Waals surface area contributed by atoms with Gasteiger partial charge in [-0.1, -0.05) is 11.2 Å². The Hall–Kier alpha value is -2.23. The van der Waals surface area contributed by atoms with Gasteiger partial charge < -0.3 is 9.26 Å². The largest absolute Gasteiger partial charge is 0.495 e. The molecule has 0 spiro atoms. The number of nitrogens with zero attached hydrogens (tertiary/aromatic N) is 3. The molecular formula is C20H23N3O4S2. The number of piperidine rings is 1. The predicted octanol–water partition coefficient (Wildman–Crippen LogP) is 3.76. The van der Waals surface area contributed by atoms with Crippen LogP contribution in [0.15, 0.2) is 44.4 Å². The van der Waals surface area contributed by atoms with Crippen LogP contribution < -0.4 is 4.74 Å². The fraction of sp³-hybridized carbons (Fsp3) is 0.400. The normalized spacial score (nSPS) is 18.1. The molecule has 0 amide bonds. The van der Waals surface area contributed by atoms with Crippen LogP contribution in [0.3, 0.4) is 0 Å². The van der Waals surface area contributed by atoms with E-state index in [2.05, 4.69) is 10.1 Å². The second-order valence-electron chi connectivity index (χ2n) is 7.25. The van der Waals surface area contributed by atoms with Crippen LogP contribution in [-0.4, -0.2) is 43.1 Å². The lowest BCUT2D eigenvalue weighted by Gasteiger charge is -2.31. The molecule has 9 heteroatoms. The zero-order valence-corrected chi connectivity index (χ0v) is 18.0. The highest BCUT2D eigenvalue weighted by atomic mass is 32.2. The van der Waals surface area contributed by atoms with Gasteiger partial charge in [0.2, 0.25) is 21.7 Å². The number of aromatic nitrogens is 2. The minimum absolute atomic E-state index is 0.130. The van der Waals surface area contributed by atoms with Crippen molar-refractivity contribution in [2.24, 2.45) is 5.92 Å². The van der Waals surface area contributed by atoms with Crippen LogP contribution in [0.2, 0.25) is 0 Å². The zero-order valence-electron chi connectivity index (χ0n) is 16.4. The van der Waals surface area contributed by atoms with Gasteiger partial charge in [-0.2, -0.15) is 20.6 Å². The molecule has 1 atom stereocenters. The summed E-state index contributed by atoms with van der Waals surface area (Å²) in [5.74, 6) is 1.62. The summed E-state index contributed by atoms with van der Waals surface area (Å²) in [6.45, 7) is 2.80. The monoisotopic (exact) mass is 433 g/mol. The van der Waals surface area contributed by atoms with Gasteiger partial charge in [0, 0.05) is 30.5 Å². The van der Waals surface area contributed by atoms with Crippen molar-refractivity contribution in [3.63, 3.8) is 0 Å². The van der Waals surface area contributed by atoms with Gasteiger partial charge in [0.25, 0.3) is 0 Å². The van der Waals surface area contributed by atoms with Gasteiger partial charge >= 0.3 is 0 Å². The number of aryl methyl sites for hydroxylation is 1. The Kier molecular flexibility index (Phi) is 5.71. The van der Waals surface area contributed by atoms with Crippen molar-refractivity contribution in [3.8, 4) is 17.1 Å². The van der Waals surface area contributed by atoms with E-state index >= 15 is 0 Å². The first-order valence-corrected chi connectivity index (χ1v) is 11.9. The van der Waals surface area contributed by atoms with Crippen molar-refractivity contribution < 1.29 is 17.7 Å². The number of methoxy groups -OCH3 is 1. The Bertz CT molecular complexity index is 1080. The molecule has 1 aliphatic rings. The van der Waals surface area contributed by atoms with Crippen LogP contribution in [0.1, 0.15) is 24.3 Å². The van der Waals surface area contributed by atoms with Crippen molar-refractivity contribution >= 4 is 21.4 Å². The number of thiophene rings is 1. The summed E-state index contributed by atoms with van der Waals surface area (Å²) in [6, 6.07) is 7.16.